The molecule has 0 atom stereocenters. The molecule has 4 rings (SSSR count). The lowest BCUT2D eigenvalue weighted by atomic mass is 9.82. The molecule has 0 bridgehead atoms. The highest BCUT2D eigenvalue weighted by atomic mass is 19.1. The minimum absolute atomic E-state index is 0.102. The van der Waals surface area contributed by atoms with E-state index in [0.717, 1.165) is 24.2 Å². The molecule has 0 unspecified atom stereocenters. The number of benzene rings is 1. The Kier molecular flexibility index (Phi) is 3.51. The molecule has 0 radical (unpaired) electrons. The number of phenolic OH excluding ortho intramolecular Hbond substituents is 1. The molecule has 2 aromatic rings. The summed E-state index contributed by atoms with van der Waals surface area (Å²) in [4.78, 5) is 14.2. The molecule has 2 heterocycles. The third-order valence-electron chi connectivity index (χ3n) is 5.02. The van der Waals surface area contributed by atoms with Crippen LogP contribution in [0.3, 0.4) is 0 Å². The van der Waals surface area contributed by atoms with Crippen LogP contribution in [0.15, 0.2) is 18.2 Å². The number of phenols is 1. The van der Waals surface area contributed by atoms with Crippen LogP contribution in [0.5, 0.6) is 5.75 Å². The first-order chi connectivity index (χ1) is 11.5. The zero-order valence-electron chi connectivity index (χ0n) is 13.4. The van der Waals surface area contributed by atoms with Gasteiger partial charge < -0.3 is 10.0 Å². The van der Waals surface area contributed by atoms with E-state index in [2.05, 4.69) is 17.2 Å². The Bertz CT molecular complexity index is 798. The van der Waals surface area contributed by atoms with Crippen LogP contribution in [0.4, 0.5) is 4.39 Å². The summed E-state index contributed by atoms with van der Waals surface area (Å²) in [5, 5.41) is 18.0. The zero-order valence-corrected chi connectivity index (χ0v) is 13.4. The van der Waals surface area contributed by atoms with Gasteiger partial charge in [0.1, 0.15) is 0 Å². The quantitative estimate of drug-likeness (QED) is 0.917. The predicted molar refractivity (Wildman–Crippen MR) is 84.0 cm³/mol. The molecule has 1 amide bonds. The molecule has 7 heteroatoms. The summed E-state index contributed by atoms with van der Waals surface area (Å²) in [6.45, 7) is 3.06. The van der Waals surface area contributed by atoms with Gasteiger partial charge in [-0.25, -0.2) is 9.07 Å². The van der Waals surface area contributed by atoms with Gasteiger partial charge >= 0.3 is 0 Å². The first kappa shape index (κ1) is 15.1. The number of hydrogen-bond acceptors (Lipinski definition) is 4. The Morgan fingerprint density at radius 1 is 1.38 bits per heavy atom. The highest BCUT2D eigenvalue weighted by molar-refractivity contribution is 5.95. The van der Waals surface area contributed by atoms with Gasteiger partial charge in [0, 0.05) is 13.0 Å². The Hall–Kier alpha value is -2.44. The van der Waals surface area contributed by atoms with Crippen molar-refractivity contribution < 1.29 is 14.3 Å². The van der Waals surface area contributed by atoms with Crippen LogP contribution in [-0.4, -0.2) is 37.5 Å². The van der Waals surface area contributed by atoms with Crippen molar-refractivity contribution in [3.05, 3.63) is 41.0 Å². The number of carbonyl (C=O) groups is 1. The Morgan fingerprint density at radius 2 is 2.17 bits per heavy atom. The second kappa shape index (κ2) is 5.58. The summed E-state index contributed by atoms with van der Waals surface area (Å²) < 4.78 is 16.0. The van der Waals surface area contributed by atoms with Crippen LogP contribution in [-0.2, 0) is 13.0 Å². The molecule has 6 nitrogen and oxygen atoms in total. The predicted octanol–water partition coefficient (Wildman–Crippen LogP) is 2.29. The molecular weight excluding hydrogens is 311 g/mol. The maximum Gasteiger partial charge on any atom is 0.257 e. The number of nitrogens with zero attached hydrogens (tertiary/aromatic N) is 4. The molecule has 0 saturated heterocycles. The number of carbonyl (C=O) groups excluding carboxylic acids is 1. The third-order valence-corrected chi connectivity index (χ3v) is 5.02. The number of halogens is 1. The Labute approximate surface area is 138 Å². The van der Waals surface area contributed by atoms with E-state index in [4.69, 9.17) is 0 Å². The highest BCUT2D eigenvalue weighted by Crippen LogP contribution is 2.38. The largest absolute Gasteiger partial charge is 0.505 e. The SMILES string of the molecule is CC1CC(n2nnc3c2CN(C(=O)c2cccc(O)c2F)CC3)C1. The van der Waals surface area contributed by atoms with Crippen molar-refractivity contribution in [1.82, 2.24) is 19.9 Å². The number of amides is 1. The highest BCUT2D eigenvalue weighted by Gasteiger charge is 2.34. The van der Waals surface area contributed by atoms with Crippen LogP contribution < -0.4 is 0 Å². The standard InChI is InChI=1S/C17H19FN4O2/c1-10-7-11(8-10)22-14-9-21(6-5-13(14)19-20-22)17(24)12-3-2-4-15(23)16(12)18/h2-4,10-11,23H,5-9H2,1H3. The lowest BCUT2D eigenvalue weighted by molar-refractivity contribution is 0.0717. The van der Waals surface area contributed by atoms with Crippen molar-refractivity contribution in [2.24, 2.45) is 5.92 Å². The second-order valence-electron chi connectivity index (χ2n) is 6.77. The van der Waals surface area contributed by atoms with Gasteiger partial charge in [-0.1, -0.05) is 18.2 Å². The summed E-state index contributed by atoms with van der Waals surface area (Å²) >= 11 is 0. The van der Waals surface area contributed by atoms with Crippen molar-refractivity contribution in [3.8, 4) is 5.75 Å². The number of aromatic nitrogens is 3. The van der Waals surface area contributed by atoms with Gasteiger partial charge in [0.25, 0.3) is 5.91 Å². The van der Waals surface area contributed by atoms with Gasteiger partial charge in [-0.3, -0.25) is 4.79 Å². The van der Waals surface area contributed by atoms with Crippen LogP contribution >= 0.6 is 0 Å². The fourth-order valence-corrected chi connectivity index (χ4v) is 3.59. The summed E-state index contributed by atoms with van der Waals surface area (Å²) in [6, 6.07) is 4.46. The first-order valence-corrected chi connectivity index (χ1v) is 8.24. The van der Waals surface area contributed by atoms with E-state index in [1.807, 2.05) is 4.68 Å². The number of hydrogen-bond donors (Lipinski definition) is 1. The van der Waals surface area contributed by atoms with Crippen LogP contribution in [0.2, 0.25) is 0 Å². The minimum atomic E-state index is -0.868. The molecular formula is C17H19FN4O2. The molecule has 126 valence electrons. The molecule has 1 aliphatic carbocycles. The normalized spacial score (nSPS) is 22.8. The maximum absolute atomic E-state index is 14.0. The molecule has 2 aliphatic rings. The maximum atomic E-state index is 14.0. The average Bonchev–Trinajstić information content (AvgIpc) is 2.96. The first-order valence-electron chi connectivity index (χ1n) is 8.24. The van der Waals surface area contributed by atoms with Crippen LogP contribution in [0.1, 0.15) is 47.6 Å². The topological polar surface area (TPSA) is 71.2 Å². The summed E-state index contributed by atoms with van der Waals surface area (Å²) in [5.74, 6) is -1.09. The van der Waals surface area contributed by atoms with Crippen molar-refractivity contribution in [2.45, 2.75) is 38.8 Å². The monoisotopic (exact) mass is 330 g/mol. The summed E-state index contributed by atoms with van der Waals surface area (Å²) in [7, 11) is 0. The van der Waals surface area contributed by atoms with Gasteiger partial charge in [-0.15, -0.1) is 5.10 Å². The van der Waals surface area contributed by atoms with E-state index >= 15 is 0 Å². The molecule has 0 spiro atoms. The van der Waals surface area contributed by atoms with Crippen LogP contribution in [0.25, 0.3) is 0 Å². The lowest BCUT2D eigenvalue weighted by Gasteiger charge is -2.35. The Balaban J connectivity index is 1.59. The summed E-state index contributed by atoms with van der Waals surface area (Å²) in [5.41, 5.74) is 1.77. The molecule has 1 fully saturated rings. The molecule has 1 aromatic heterocycles. The molecule has 1 aliphatic heterocycles. The van der Waals surface area contributed by atoms with Crippen molar-refractivity contribution in [1.29, 1.82) is 0 Å². The smallest absolute Gasteiger partial charge is 0.257 e. The van der Waals surface area contributed by atoms with Gasteiger partial charge in [0.15, 0.2) is 11.6 Å². The van der Waals surface area contributed by atoms with Gasteiger partial charge in [-0.05, 0) is 30.9 Å². The van der Waals surface area contributed by atoms with Gasteiger partial charge in [-0.2, -0.15) is 0 Å². The van der Waals surface area contributed by atoms with E-state index in [1.54, 1.807) is 4.90 Å². The van der Waals surface area contributed by atoms with E-state index in [0.29, 0.717) is 31.5 Å². The third kappa shape index (κ3) is 2.35. The van der Waals surface area contributed by atoms with Crippen molar-refractivity contribution in [3.63, 3.8) is 0 Å². The molecule has 1 saturated carbocycles. The number of rotatable bonds is 2. The average molecular weight is 330 g/mol. The second-order valence-corrected chi connectivity index (χ2v) is 6.77. The van der Waals surface area contributed by atoms with Gasteiger partial charge in [0.2, 0.25) is 0 Å². The van der Waals surface area contributed by atoms with E-state index in [9.17, 15) is 14.3 Å². The minimum Gasteiger partial charge on any atom is -0.505 e. The molecule has 1 N–H and O–H groups in total. The fraction of sp³-hybridized carbons (Fsp3) is 0.471. The number of fused-ring (bicyclic) bond motifs is 1. The van der Waals surface area contributed by atoms with E-state index in [-0.39, 0.29) is 5.56 Å². The molecule has 1 aromatic carbocycles. The zero-order chi connectivity index (χ0) is 16.8. The molecule has 24 heavy (non-hydrogen) atoms. The Morgan fingerprint density at radius 3 is 2.92 bits per heavy atom. The fourth-order valence-electron chi connectivity index (χ4n) is 3.59. The van der Waals surface area contributed by atoms with E-state index in [1.165, 1.54) is 18.2 Å². The lowest BCUT2D eigenvalue weighted by Crippen LogP contribution is -2.38. The van der Waals surface area contributed by atoms with Crippen molar-refractivity contribution >= 4 is 5.91 Å². The summed E-state index contributed by atoms with van der Waals surface area (Å²) in [6.07, 6.45) is 2.76. The van der Waals surface area contributed by atoms with Gasteiger partial charge in [0.05, 0.1) is 29.5 Å². The van der Waals surface area contributed by atoms with Crippen LogP contribution in [0, 0.1) is 11.7 Å². The number of aromatic hydroxyl groups is 1. The van der Waals surface area contributed by atoms with E-state index < -0.39 is 17.5 Å². The van der Waals surface area contributed by atoms with Crippen molar-refractivity contribution in [2.75, 3.05) is 6.54 Å².